The quantitative estimate of drug-likeness (QED) is 0.871. The van der Waals surface area contributed by atoms with Gasteiger partial charge in [-0.2, -0.15) is 4.98 Å². The largest absolute Gasteiger partial charge is 0.481 e. The molecule has 2 heterocycles. The van der Waals surface area contributed by atoms with Crippen molar-refractivity contribution in [3.05, 3.63) is 16.6 Å². The fourth-order valence-electron chi connectivity index (χ4n) is 1.29. The third-order valence-corrected chi connectivity index (χ3v) is 2.95. The third kappa shape index (κ3) is 2.08. The van der Waals surface area contributed by atoms with Crippen LogP contribution in [0, 0.1) is 13.8 Å². The number of aryl methyl sites for hydroxylation is 2. The van der Waals surface area contributed by atoms with E-state index in [0.29, 0.717) is 5.82 Å². The lowest BCUT2D eigenvalue weighted by molar-refractivity contribution is -0.136. The summed E-state index contributed by atoms with van der Waals surface area (Å²) in [5.74, 6) is -0.486. The minimum atomic E-state index is -0.993. The second kappa shape index (κ2) is 4.01. The Bertz CT molecular complexity index is 532. The van der Waals surface area contributed by atoms with Gasteiger partial charge in [0.15, 0.2) is 0 Å². The first kappa shape index (κ1) is 10.7. The summed E-state index contributed by atoms with van der Waals surface area (Å²) in [6, 6.07) is 0. The monoisotopic (exact) mass is 239 g/mol. The number of carbonyl (C=O) groups is 1. The van der Waals surface area contributed by atoms with Gasteiger partial charge in [-0.05, 0) is 13.8 Å². The Morgan fingerprint density at radius 3 is 2.75 bits per heavy atom. The topological polar surface area (TPSA) is 89.1 Å². The van der Waals surface area contributed by atoms with Crippen LogP contribution in [0.2, 0.25) is 0 Å². The van der Waals surface area contributed by atoms with E-state index in [2.05, 4.69) is 15.1 Å². The SMILES string of the molecule is Cc1nc(C)c(-c2noc(CC(=O)O)n2)s1. The van der Waals surface area contributed by atoms with Gasteiger partial charge in [0.25, 0.3) is 0 Å². The molecule has 6 nitrogen and oxygen atoms in total. The summed E-state index contributed by atoms with van der Waals surface area (Å²) in [5.41, 5.74) is 0.824. The summed E-state index contributed by atoms with van der Waals surface area (Å²) in [7, 11) is 0. The number of aliphatic carboxylic acids is 1. The average molecular weight is 239 g/mol. The molecule has 0 aliphatic carbocycles. The van der Waals surface area contributed by atoms with Crippen LogP contribution in [0.15, 0.2) is 4.52 Å². The van der Waals surface area contributed by atoms with Gasteiger partial charge in [0.2, 0.25) is 11.7 Å². The number of hydrogen-bond acceptors (Lipinski definition) is 6. The van der Waals surface area contributed by atoms with Crippen molar-refractivity contribution in [3.8, 4) is 10.7 Å². The van der Waals surface area contributed by atoms with Crippen molar-refractivity contribution >= 4 is 17.3 Å². The smallest absolute Gasteiger partial charge is 0.312 e. The first-order valence-electron chi connectivity index (χ1n) is 4.55. The number of carboxylic acids is 1. The van der Waals surface area contributed by atoms with Crippen molar-refractivity contribution in [2.45, 2.75) is 20.3 Å². The van der Waals surface area contributed by atoms with Gasteiger partial charge in [0.1, 0.15) is 6.42 Å². The molecule has 0 radical (unpaired) electrons. The highest BCUT2D eigenvalue weighted by atomic mass is 32.1. The van der Waals surface area contributed by atoms with Gasteiger partial charge >= 0.3 is 5.97 Å². The Kier molecular flexibility index (Phi) is 2.69. The van der Waals surface area contributed by atoms with Crippen molar-refractivity contribution in [1.29, 1.82) is 0 Å². The Labute approximate surface area is 94.9 Å². The maximum absolute atomic E-state index is 10.4. The Balaban J connectivity index is 2.31. The summed E-state index contributed by atoms with van der Waals surface area (Å²) in [4.78, 5) is 19.5. The summed E-state index contributed by atoms with van der Waals surface area (Å²) >= 11 is 1.46. The van der Waals surface area contributed by atoms with E-state index in [1.807, 2.05) is 13.8 Å². The predicted molar refractivity (Wildman–Crippen MR) is 56.2 cm³/mol. The highest BCUT2D eigenvalue weighted by Gasteiger charge is 2.15. The molecule has 2 aromatic rings. The van der Waals surface area contributed by atoms with Crippen molar-refractivity contribution in [2.24, 2.45) is 0 Å². The van der Waals surface area contributed by atoms with Gasteiger partial charge in [-0.3, -0.25) is 4.79 Å². The van der Waals surface area contributed by atoms with Crippen LogP contribution in [0.4, 0.5) is 0 Å². The predicted octanol–water partition coefficient (Wildman–Crippen LogP) is 1.44. The second-order valence-corrected chi connectivity index (χ2v) is 4.43. The number of nitrogens with zero attached hydrogens (tertiary/aromatic N) is 3. The van der Waals surface area contributed by atoms with E-state index in [-0.39, 0.29) is 12.3 Å². The van der Waals surface area contributed by atoms with Crippen LogP contribution in [0.1, 0.15) is 16.6 Å². The van der Waals surface area contributed by atoms with E-state index < -0.39 is 5.97 Å². The lowest BCUT2D eigenvalue weighted by Gasteiger charge is -1.86. The van der Waals surface area contributed by atoms with Gasteiger partial charge in [-0.1, -0.05) is 5.16 Å². The van der Waals surface area contributed by atoms with E-state index in [0.717, 1.165) is 15.6 Å². The highest BCUT2D eigenvalue weighted by molar-refractivity contribution is 7.15. The van der Waals surface area contributed by atoms with Crippen LogP contribution >= 0.6 is 11.3 Å². The number of thiazole rings is 1. The van der Waals surface area contributed by atoms with Gasteiger partial charge < -0.3 is 9.63 Å². The zero-order valence-corrected chi connectivity index (χ0v) is 9.54. The molecule has 0 amide bonds. The molecule has 16 heavy (non-hydrogen) atoms. The lowest BCUT2D eigenvalue weighted by atomic mass is 10.4. The summed E-state index contributed by atoms with van der Waals surface area (Å²) in [5, 5.41) is 13.2. The molecule has 0 saturated carbocycles. The first-order chi connectivity index (χ1) is 7.56. The zero-order chi connectivity index (χ0) is 11.7. The van der Waals surface area contributed by atoms with Crippen molar-refractivity contribution < 1.29 is 14.4 Å². The molecule has 0 aromatic carbocycles. The van der Waals surface area contributed by atoms with Gasteiger partial charge in [-0.25, -0.2) is 4.98 Å². The average Bonchev–Trinajstić information content (AvgIpc) is 2.72. The lowest BCUT2D eigenvalue weighted by Crippen LogP contribution is -1.99. The number of carboxylic acid groups (broad SMARTS) is 1. The minimum Gasteiger partial charge on any atom is -0.481 e. The van der Waals surface area contributed by atoms with E-state index in [1.54, 1.807) is 0 Å². The normalized spacial score (nSPS) is 10.6. The Hall–Kier alpha value is -1.76. The molecule has 0 spiro atoms. The van der Waals surface area contributed by atoms with Crippen LogP contribution < -0.4 is 0 Å². The Morgan fingerprint density at radius 2 is 2.19 bits per heavy atom. The summed E-state index contributed by atoms with van der Waals surface area (Å²) in [6.45, 7) is 3.74. The maximum Gasteiger partial charge on any atom is 0.312 e. The van der Waals surface area contributed by atoms with Crippen LogP contribution in [-0.4, -0.2) is 26.2 Å². The van der Waals surface area contributed by atoms with E-state index >= 15 is 0 Å². The van der Waals surface area contributed by atoms with Crippen molar-refractivity contribution in [1.82, 2.24) is 15.1 Å². The molecule has 0 aliphatic heterocycles. The Morgan fingerprint density at radius 1 is 1.44 bits per heavy atom. The molecule has 0 aliphatic rings. The van der Waals surface area contributed by atoms with E-state index in [4.69, 9.17) is 9.63 Å². The van der Waals surface area contributed by atoms with Gasteiger partial charge in [0.05, 0.1) is 15.6 Å². The molecule has 0 bridgehead atoms. The molecule has 0 atom stereocenters. The third-order valence-electron chi connectivity index (χ3n) is 1.88. The zero-order valence-electron chi connectivity index (χ0n) is 8.72. The first-order valence-corrected chi connectivity index (χ1v) is 5.36. The molecule has 7 heteroatoms. The van der Waals surface area contributed by atoms with Crippen molar-refractivity contribution in [3.63, 3.8) is 0 Å². The highest BCUT2D eigenvalue weighted by Crippen LogP contribution is 2.27. The molecular weight excluding hydrogens is 230 g/mol. The van der Waals surface area contributed by atoms with Gasteiger partial charge in [0, 0.05) is 0 Å². The standard InChI is InChI=1S/C9H9N3O3S/c1-4-8(16-5(2)10-4)9-11-6(15-12-9)3-7(13)14/h3H2,1-2H3,(H,13,14). The number of aromatic nitrogens is 3. The molecule has 2 aromatic heterocycles. The van der Waals surface area contributed by atoms with Crippen LogP contribution in [0.25, 0.3) is 10.7 Å². The fraction of sp³-hybridized carbons (Fsp3) is 0.333. The molecule has 0 saturated heterocycles. The molecular formula is C9H9N3O3S. The summed E-state index contributed by atoms with van der Waals surface area (Å²) in [6.07, 6.45) is -0.260. The summed E-state index contributed by atoms with van der Waals surface area (Å²) < 4.78 is 4.83. The number of rotatable bonds is 3. The molecule has 84 valence electrons. The fourth-order valence-corrected chi connectivity index (χ4v) is 2.13. The second-order valence-electron chi connectivity index (χ2n) is 3.23. The molecule has 0 unspecified atom stereocenters. The van der Waals surface area contributed by atoms with Gasteiger partial charge in [-0.15, -0.1) is 11.3 Å². The van der Waals surface area contributed by atoms with Crippen LogP contribution in [-0.2, 0) is 11.2 Å². The molecule has 2 rings (SSSR count). The van der Waals surface area contributed by atoms with Crippen LogP contribution in [0.5, 0.6) is 0 Å². The molecule has 0 fully saturated rings. The minimum absolute atomic E-state index is 0.105. The maximum atomic E-state index is 10.4. The van der Waals surface area contributed by atoms with Crippen LogP contribution in [0.3, 0.4) is 0 Å². The van der Waals surface area contributed by atoms with E-state index in [1.165, 1.54) is 11.3 Å². The van der Waals surface area contributed by atoms with Crippen molar-refractivity contribution in [2.75, 3.05) is 0 Å². The van der Waals surface area contributed by atoms with E-state index in [9.17, 15) is 4.79 Å². The molecule has 1 N–H and O–H groups in total. The number of hydrogen-bond donors (Lipinski definition) is 1.